The van der Waals surface area contributed by atoms with Crippen molar-refractivity contribution < 1.29 is 13.7 Å². The summed E-state index contributed by atoms with van der Waals surface area (Å²) in [5.41, 5.74) is 7.51. The summed E-state index contributed by atoms with van der Waals surface area (Å²) in [5.74, 6) is 0.912. The fourth-order valence-corrected chi connectivity index (χ4v) is 3.36. The highest BCUT2D eigenvalue weighted by molar-refractivity contribution is 5.85. The molecule has 2 N–H and O–H groups in total. The van der Waals surface area contributed by atoms with Gasteiger partial charge >= 0.3 is 0 Å². The molecule has 1 aliphatic heterocycles. The number of rotatable bonds is 4. The third kappa shape index (κ3) is 2.77. The van der Waals surface area contributed by atoms with Crippen LogP contribution >= 0.6 is 0 Å². The highest BCUT2D eigenvalue weighted by Crippen LogP contribution is 2.38. The van der Waals surface area contributed by atoms with E-state index in [9.17, 15) is 4.79 Å². The number of nitrogens with two attached hydrogens (primary N) is 1. The number of anilines is 1. The van der Waals surface area contributed by atoms with Crippen LogP contribution in [0, 0.1) is 0 Å². The third-order valence-corrected chi connectivity index (χ3v) is 4.59. The largest absolute Gasteiger partial charge is 0.461 e. The van der Waals surface area contributed by atoms with E-state index in [4.69, 9.17) is 14.7 Å². The average Bonchev–Trinajstić information content (AvgIpc) is 3.28. The van der Waals surface area contributed by atoms with Gasteiger partial charge in [-0.3, -0.25) is 4.79 Å². The van der Waals surface area contributed by atoms with Gasteiger partial charge in [0, 0.05) is 11.7 Å². The van der Waals surface area contributed by atoms with E-state index in [1.165, 1.54) is 0 Å². The zero-order valence-electron chi connectivity index (χ0n) is 13.8. The predicted octanol–water partition coefficient (Wildman–Crippen LogP) is 2.70. The van der Waals surface area contributed by atoms with E-state index in [0.29, 0.717) is 30.4 Å². The lowest BCUT2D eigenvalue weighted by molar-refractivity contribution is -0.119. The summed E-state index contributed by atoms with van der Waals surface area (Å²) < 4.78 is 10.7. The lowest BCUT2D eigenvalue weighted by Crippen LogP contribution is -2.41. The van der Waals surface area contributed by atoms with Crippen LogP contribution in [0.5, 0.6) is 0 Å². The quantitative estimate of drug-likeness (QED) is 0.785. The van der Waals surface area contributed by atoms with Gasteiger partial charge in [0.05, 0.1) is 18.7 Å². The van der Waals surface area contributed by atoms with Crippen LogP contribution in [0.1, 0.15) is 30.7 Å². The summed E-state index contributed by atoms with van der Waals surface area (Å²) in [5, 5.41) is 3.97. The molecule has 0 saturated carbocycles. The Kier molecular flexibility index (Phi) is 3.76. The number of aromatic nitrogens is 2. The van der Waals surface area contributed by atoms with Crippen molar-refractivity contribution in [1.82, 2.24) is 10.1 Å². The van der Waals surface area contributed by atoms with E-state index < -0.39 is 0 Å². The molecular formula is C18H18N4O3. The van der Waals surface area contributed by atoms with Gasteiger partial charge in [0.1, 0.15) is 0 Å². The summed E-state index contributed by atoms with van der Waals surface area (Å²) in [4.78, 5) is 18.4. The first kappa shape index (κ1) is 15.4. The standard InChI is InChI=1S/C18H18N4O3/c1-11-9-13(17(19)23)12-5-2-3-6-14(12)22(11)10-16-20-18(21-25-16)15-7-4-8-24-15/h2-8,11,13H,9-10H2,1H3,(H2,19,23)/t11-,13-/m0/s1. The Bertz CT molecular complexity index is 887. The third-order valence-electron chi connectivity index (χ3n) is 4.59. The molecule has 7 nitrogen and oxygen atoms in total. The molecule has 4 rings (SSSR count). The van der Waals surface area contributed by atoms with Crippen LogP contribution in [0.3, 0.4) is 0 Å². The SMILES string of the molecule is C[C@H]1C[C@H](C(N)=O)c2ccccc2N1Cc1nc(-c2ccco2)no1. The van der Waals surface area contributed by atoms with Gasteiger partial charge < -0.3 is 19.6 Å². The molecular weight excluding hydrogens is 320 g/mol. The van der Waals surface area contributed by atoms with Crippen LogP contribution in [0.25, 0.3) is 11.6 Å². The second kappa shape index (κ2) is 6.08. The molecule has 0 unspecified atom stereocenters. The van der Waals surface area contributed by atoms with Crippen LogP contribution in [-0.2, 0) is 11.3 Å². The number of nitrogens with zero attached hydrogens (tertiary/aromatic N) is 3. The van der Waals surface area contributed by atoms with E-state index >= 15 is 0 Å². The average molecular weight is 338 g/mol. The summed E-state index contributed by atoms with van der Waals surface area (Å²) in [6.45, 7) is 2.52. The molecule has 3 aromatic rings. The maximum atomic E-state index is 11.8. The number of furan rings is 1. The fraction of sp³-hybridized carbons (Fsp3) is 0.278. The Labute approximate surface area is 144 Å². The molecule has 2 atom stereocenters. The maximum absolute atomic E-state index is 11.8. The Morgan fingerprint density at radius 1 is 1.32 bits per heavy atom. The molecule has 128 valence electrons. The minimum Gasteiger partial charge on any atom is -0.461 e. The number of para-hydroxylation sites is 1. The van der Waals surface area contributed by atoms with Crippen molar-refractivity contribution >= 4 is 11.6 Å². The molecule has 0 radical (unpaired) electrons. The molecule has 0 fully saturated rings. The van der Waals surface area contributed by atoms with Gasteiger partial charge in [-0.2, -0.15) is 4.98 Å². The van der Waals surface area contributed by atoms with E-state index in [0.717, 1.165) is 11.3 Å². The van der Waals surface area contributed by atoms with E-state index in [1.54, 1.807) is 18.4 Å². The number of primary amides is 1. The molecule has 7 heteroatoms. The molecule has 0 saturated heterocycles. The Balaban J connectivity index is 1.64. The number of hydrogen-bond donors (Lipinski definition) is 1. The van der Waals surface area contributed by atoms with Crippen molar-refractivity contribution in [2.45, 2.75) is 31.8 Å². The second-order valence-corrected chi connectivity index (χ2v) is 6.22. The summed E-state index contributed by atoms with van der Waals surface area (Å²) >= 11 is 0. The zero-order chi connectivity index (χ0) is 17.4. The van der Waals surface area contributed by atoms with Gasteiger partial charge in [-0.25, -0.2) is 0 Å². The number of hydrogen-bond acceptors (Lipinski definition) is 6. The maximum Gasteiger partial charge on any atom is 0.246 e. The van der Waals surface area contributed by atoms with Crippen LogP contribution in [-0.4, -0.2) is 22.1 Å². The molecule has 3 heterocycles. The van der Waals surface area contributed by atoms with Crippen LogP contribution < -0.4 is 10.6 Å². The second-order valence-electron chi connectivity index (χ2n) is 6.22. The molecule has 2 aromatic heterocycles. The van der Waals surface area contributed by atoms with Gasteiger partial charge in [-0.05, 0) is 37.1 Å². The van der Waals surface area contributed by atoms with Crippen molar-refractivity contribution in [3.63, 3.8) is 0 Å². The summed E-state index contributed by atoms with van der Waals surface area (Å²) in [7, 11) is 0. The normalized spacial score (nSPS) is 19.6. The molecule has 1 aromatic carbocycles. The minimum absolute atomic E-state index is 0.117. The van der Waals surface area contributed by atoms with Crippen LogP contribution in [0.2, 0.25) is 0 Å². The van der Waals surface area contributed by atoms with Gasteiger partial charge in [-0.15, -0.1) is 0 Å². The van der Waals surface area contributed by atoms with E-state index in [-0.39, 0.29) is 17.9 Å². The predicted molar refractivity (Wildman–Crippen MR) is 90.6 cm³/mol. The number of amides is 1. The molecule has 1 aliphatic rings. The van der Waals surface area contributed by atoms with Crippen molar-refractivity contribution in [3.8, 4) is 11.6 Å². The molecule has 0 spiro atoms. The van der Waals surface area contributed by atoms with Gasteiger partial charge in [0.2, 0.25) is 17.6 Å². The smallest absolute Gasteiger partial charge is 0.246 e. The van der Waals surface area contributed by atoms with Gasteiger partial charge in [-0.1, -0.05) is 23.4 Å². The molecule has 0 aliphatic carbocycles. The van der Waals surface area contributed by atoms with E-state index in [1.807, 2.05) is 24.3 Å². The van der Waals surface area contributed by atoms with Crippen molar-refractivity contribution in [2.75, 3.05) is 4.90 Å². The Morgan fingerprint density at radius 2 is 2.16 bits per heavy atom. The molecule has 1 amide bonds. The fourth-order valence-electron chi connectivity index (χ4n) is 3.36. The van der Waals surface area contributed by atoms with Crippen LogP contribution in [0.4, 0.5) is 5.69 Å². The first-order chi connectivity index (χ1) is 12.1. The monoisotopic (exact) mass is 338 g/mol. The van der Waals surface area contributed by atoms with Gasteiger partial charge in [0.25, 0.3) is 0 Å². The minimum atomic E-state index is -0.295. The first-order valence-electron chi connectivity index (χ1n) is 8.15. The number of carbonyl (C=O) groups excluding carboxylic acids is 1. The Morgan fingerprint density at radius 3 is 2.92 bits per heavy atom. The van der Waals surface area contributed by atoms with E-state index in [2.05, 4.69) is 22.0 Å². The van der Waals surface area contributed by atoms with Crippen molar-refractivity contribution in [1.29, 1.82) is 0 Å². The topological polar surface area (TPSA) is 98.4 Å². The molecule has 0 bridgehead atoms. The highest BCUT2D eigenvalue weighted by Gasteiger charge is 2.33. The zero-order valence-corrected chi connectivity index (χ0v) is 13.8. The lowest BCUT2D eigenvalue weighted by atomic mass is 9.85. The van der Waals surface area contributed by atoms with Crippen LogP contribution in [0.15, 0.2) is 51.6 Å². The summed E-state index contributed by atoms with van der Waals surface area (Å²) in [6, 6.07) is 11.5. The van der Waals surface area contributed by atoms with Crippen molar-refractivity contribution in [3.05, 3.63) is 54.1 Å². The molecule has 25 heavy (non-hydrogen) atoms. The summed E-state index contributed by atoms with van der Waals surface area (Å²) in [6.07, 6.45) is 2.23. The lowest BCUT2D eigenvalue weighted by Gasteiger charge is -2.39. The van der Waals surface area contributed by atoms with Gasteiger partial charge in [0.15, 0.2) is 5.76 Å². The number of carbonyl (C=O) groups is 1. The first-order valence-corrected chi connectivity index (χ1v) is 8.15. The Hall–Kier alpha value is -3.09. The number of benzene rings is 1. The van der Waals surface area contributed by atoms with Crippen molar-refractivity contribution in [2.24, 2.45) is 5.73 Å². The number of fused-ring (bicyclic) bond motifs is 1. The highest BCUT2D eigenvalue weighted by atomic mass is 16.5.